The summed E-state index contributed by atoms with van der Waals surface area (Å²) in [7, 11) is 0. The van der Waals surface area contributed by atoms with Crippen LogP contribution < -0.4 is 4.90 Å². The van der Waals surface area contributed by atoms with Crippen LogP contribution in [0.1, 0.15) is 18.4 Å². The van der Waals surface area contributed by atoms with E-state index in [-0.39, 0.29) is 24.9 Å². The average Bonchev–Trinajstić information content (AvgIpc) is 2.66. The lowest BCUT2D eigenvalue weighted by molar-refractivity contribution is -0.147. The number of aromatic nitrogens is 1. The van der Waals surface area contributed by atoms with Crippen molar-refractivity contribution in [3.63, 3.8) is 0 Å². The van der Waals surface area contributed by atoms with E-state index >= 15 is 0 Å². The maximum atomic E-state index is 13.3. The zero-order valence-corrected chi connectivity index (χ0v) is 15.3. The highest BCUT2D eigenvalue weighted by atomic mass is 19.4. The third-order valence-corrected chi connectivity index (χ3v) is 5.62. The number of halogens is 3. The van der Waals surface area contributed by atoms with Gasteiger partial charge in [0.25, 0.3) is 0 Å². The molecule has 0 bridgehead atoms. The van der Waals surface area contributed by atoms with Crippen molar-refractivity contribution >= 4 is 5.82 Å². The van der Waals surface area contributed by atoms with E-state index < -0.39 is 36.1 Å². The van der Waals surface area contributed by atoms with E-state index in [0.717, 1.165) is 12.5 Å². The Morgan fingerprint density at radius 1 is 1.14 bits per heavy atom. The fourth-order valence-electron chi connectivity index (χ4n) is 4.20. The molecule has 1 aromatic rings. The number of nitrogens with zero attached hydrogens (tertiary/aromatic N) is 3. The predicted molar refractivity (Wildman–Crippen MR) is 94.6 cm³/mol. The van der Waals surface area contributed by atoms with Gasteiger partial charge in [-0.3, -0.25) is 4.90 Å². The van der Waals surface area contributed by atoms with Crippen molar-refractivity contribution in [2.24, 2.45) is 5.92 Å². The first-order chi connectivity index (χ1) is 13.2. The van der Waals surface area contributed by atoms with Crippen LogP contribution >= 0.6 is 0 Å². The number of alkyl halides is 3. The molecule has 2 saturated heterocycles. The van der Waals surface area contributed by atoms with Gasteiger partial charge in [0.1, 0.15) is 18.0 Å². The summed E-state index contributed by atoms with van der Waals surface area (Å²) in [5, 5.41) is 39.4. The van der Waals surface area contributed by atoms with Crippen LogP contribution in [0.3, 0.4) is 0 Å². The molecule has 0 amide bonds. The number of piperidine rings is 2. The van der Waals surface area contributed by atoms with Crippen LogP contribution in [0.15, 0.2) is 18.3 Å². The van der Waals surface area contributed by atoms with E-state index in [9.17, 15) is 33.6 Å². The second-order valence-electron chi connectivity index (χ2n) is 7.58. The molecule has 10 heteroatoms. The average molecular weight is 405 g/mol. The molecule has 0 saturated carbocycles. The normalized spacial score (nSPS) is 32.5. The minimum absolute atomic E-state index is 0.0273. The summed E-state index contributed by atoms with van der Waals surface area (Å²) in [6, 6.07) is 1.56. The smallest absolute Gasteiger partial charge is 0.395 e. The first kappa shape index (κ1) is 21.3. The van der Waals surface area contributed by atoms with Crippen molar-refractivity contribution in [1.82, 2.24) is 9.88 Å². The van der Waals surface area contributed by atoms with Gasteiger partial charge in [0.2, 0.25) is 0 Å². The van der Waals surface area contributed by atoms with Crippen LogP contribution in [0.2, 0.25) is 0 Å². The zero-order valence-electron chi connectivity index (χ0n) is 15.3. The molecule has 0 aromatic carbocycles. The Morgan fingerprint density at radius 3 is 2.57 bits per heavy atom. The van der Waals surface area contributed by atoms with Crippen molar-refractivity contribution < 1.29 is 33.6 Å². The van der Waals surface area contributed by atoms with Crippen molar-refractivity contribution in [1.29, 1.82) is 0 Å². The van der Waals surface area contributed by atoms with Gasteiger partial charge in [0.05, 0.1) is 24.3 Å². The minimum Gasteiger partial charge on any atom is -0.395 e. The lowest BCUT2D eigenvalue weighted by atomic mass is 9.91. The Morgan fingerprint density at radius 2 is 1.89 bits per heavy atom. The quantitative estimate of drug-likeness (QED) is 0.563. The number of likely N-dealkylation sites (tertiary alicyclic amines) is 1. The molecule has 0 spiro atoms. The topological polar surface area (TPSA) is 100 Å². The number of hydrogen-bond acceptors (Lipinski definition) is 7. The van der Waals surface area contributed by atoms with Crippen LogP contribution in [-0.2, 0) is 6.18 Å². The van der Waals surface area contributed by atoms with E-state index in [1.807, 2.05) is 0 Å². The van der Waals surface area contributed by atoms with Crippen molar-refractivity contribution in [2.45, 2.75) is 43.4 Å². The number of anilines is 1. The largest absolute Gasteiger partial charge is 0.419 e. The molecule has 4 N–H and O–H groups in total. The molecule has 1 aromatic heterocycles. The van der Waals surface area contributed by atoms with Crippen LogP contribution in [0.4, 0.5) is 19.0 Å². The van der Waals surface area contributed by atoms with Gasteiger partial charge in [-0.05, 0) is 30.9 Å². The maximum Gasteiger partial charge on any atom is 0.419 e. The van der Waals surface area contributed by atoms with Gasteiger partial charge in [0.15, 0.2) is 0 Å². The monoisotopic (exact) mass is 405 g/mol. The van der Waals surface area contributed by atoms with Gasteiger partial charge in [-0.1, -0.05) is 0 Å². The Kier molecular flexibility index (Phi) is 6.45. The molecule has 5 atom stereocenters. The third kappa shape index (κ3) is 4.41. The molecule has 7 nitrogen and oxygen atoms in total. The SMILES string of the molecule is OCC1C(O)C(O)C(O)CN1CC1CCCN(c2ncccc2C(F)(F)F)C1. The highest BCUT2D eigenvalue weighted by Gasteiger charge is 2.42. The van der Waals surface area contributed by atoms with Crippen LogP contribution in [0.25, 0.3) is 0 Å². The fraction of sp³-hybridized carbons (Fsp3) is 0.722. The van der Waals surface area contributed by atoms with Gasteiger partial charge in [-0.2, -0.15) is 13.2 Å². The van der Waals surface area contributed by atoms with Crippen LogP contribution in [0.5, 0.6) is 0 Å². The predicted octanol–water partition coefficient (Wildman–Crippen LogP) is 0.0760. The number of β-amino-alcohol motifs (C(OH)–C–C–N with tert-alkyl or cyclic N) is 1. The van der Waals surface area contributed by atoms with Crippen molar-refractivity contribution in [3.05, 3.63) is 23.9 Å². The van der Waals surface area contributed by atoms with Gasteiger partial charge in [0, 0.05) is 32.4 Å². The summed E-state index contributed by atoms with van der Waals surface area (Å²) in [4.78, 5) is 7.28. The second-order valence-corrected chi connectivity index (χ2v) is 7.58. The number of hydrogen-bond donors (Lipinski definition) is 4. The number of aliphatic hydroxyl groups is 4. The minimum atomic E-state index is -4.49. The molecule has 2 aliphatic rings. The summed E-state index contributed by atoms with van der Waals surface area (Å²) in [5.74, 6) is -0.118. The Balaban J connectivity index is 1.72. The summed E-state index contributed by atoms with van der Waals surface area (Å²) in [5.41, 5.74) is -0.768. The molecule has 2 fully saturated rings. The number of pyridine rings is 1. The first-order valence-electron chi connectivity index (χ1n) is 9.38. The molecule has 2 aliphatic heterocycles. The highest BCUT2D eigenvalue weighted by Crippen LogP contribution is 2.36. The lowest BCUT2D eigenvalue weighted by Gasteiger charge is -2.45. The van der Waals surface area contributed by atoms with E-state index in [0.29, 0.717) is 26.1 Å². The van der Waals surface area contributed by atoms with Gasteiger partial charge >= 0.3 is 6.18 Å². The molecule has 158 valence electrons. The Labute approximate surface area is 161 Å². The molecule has 3 rings (SSSR count). The van der Waals surface area contributed by atoms with Gasteiger partial charge in [-0.25, -0.2) is 4.98 Å². The van der Waals surface area contributed by atoms with E-state index in [1.165, 1.54) is 12.3 Å². The first-order valence-corrected chi connectivity index (χ1v) is 9.38. The lowest BCUT2D eigenvalue weighted by Crippen LogP contribution is -2.63. The summed E-state index contributed by atoms with van der Waals surface area (Å²) in [6.45, 7) is 0.890. The van der Waals surface area contributed by atoms with Crippen LogP contribution in [-0.4, -0.2) is 87.4 Å². The maximum absolute atomic E-state index is 13.3. The summed E-state index contributed by atoms with van der Waals surface area (Å²) in [6.07, 6.45) is -5.46. The van der Waals surface area contributed by atoms with Crippen molar-refractivity contribution in [3.8, 4) is 0 Å². The standard InChI is InChI=1S/C18H26F3N3O4/c19-18(20,21)12-4-1-5-22-17(12)23-6-2-3-11(7-23)8-24-9-14(26)16(28)15(27)13(24)10-25/h1,4-5,11,13-16,25-28H,2-3,6-10H2. The molecule has 28 heavy (non-hydrogen) atoms. The van der Waals surface area contributed by atoms with E-state index in [2.05, 4.69) is 4.98 Å². The van der Waals surface area contributed by atoms with E-state index in [4.69, 9.17) is 0 Å². The molecule has 0 aliphatic carbocycles. The molecular weight excluding hydrogens is 379 g/mol. The molecule has 3 heterocycles. The molecular formula is C18H26F3N3O4. The van der Waals surface area contributed by atoms with E-state index in [1.54, 1.807) is 9.80 Å². The molecule has 0 radical (unpaired) electrons. The highest BCUT2D eigenvalue weighted by molar-refractivity contribution is 5.48. The molecule has 5 unspecified atom stereocenters. The fourth-order valence-corrected chi connectivity index (χ4v) is 4.20. The van der Waals surface area contributed by atoms with Crippen molar-refractivity contribution in [2.75, 3.05) is 37.7 Å². The van der Waals surface area contributed by atoms with Gasteiger partial charge < -0.3 is 25.3 Å². The van der Waals surface area contributed by atoms with Gasteiger partial charge in [-0.15, -0.1) is 0 Å². The zero-order chi connectivity index (χ0) is 20.5. The Bertz CT molecular complexity index is 663. The Hall–Kier alpha value is -1.46. The second kappa shape index (κ2) is 8.50. The summed E-state index contributed by atoms with van der Waals surface area (Å²) < 4.78 is 39.9. The summed E-state index contributed by atoms with van der Waals surface area (Å²) >= 11 is 0. The van der Waals surface area contributed by atoms with Crippen LogP contribution in [0, 0.1) is 5.92 Å². The number of rotatable bonds is 4. The third-order valence-electron chi connectivity index (χ3n) is 5.62. The number of aliphatic hydroxyl groups excluding tert-OH is 4.